The summed E-state index contributed by atoms with van der Waals surface area (Å²) in [5.74, 6) is 0.314. The number of amides is 1. The lowest BCUT2D eigenvalue weighted by Crippen LogP contribution is -2.48. The van der Waals surface area contributed by atoms with Crippen LogP contribution in [0.15, 0.2) is 36.5 Å². The van der Waals surface area contributed by atoms with Crippen LogP contribution in [-0.4, -0.2) is 53.0 Å². The maximum absolute atomic E-state index is 12.9. The van der Waals surface area contributed by atoms with Gasteiger partial charge in [0.1, 0.15) is 0 Å². The highest BCUT2D eigenvalue weighted by atomic mass is 16.2. The lowest BCUT2D eigenvalue weighted by atomic mass is 9.85. The fraction of sp³-hybridized carbons (Fsp3) is 0.450. The van der Waals surface area contributed by atoms with Crippen molar-refractivity contribution in [1.29, 1.82) is 0 Å². The van der Waals surface area contributed by atoms with E-state index in [0.717, 1.165) is 39.0 Å². The topological polar surface area (TPSA) is 28.5 Å². The molecule has 5 rings (SSSR count). The number of nitrogens with zero attached hydrogens (tertiary/aromatic N) is 3. The van der Waals surface area contributed by atoms with Crippen molar-refractivity contribution < 1.29 is 4.79 Å². The van der Waals surface area contributed by atoms with Crippen LogP contribution in [0.25, 0.3) is 16.5 Å². The lowest BCUT2D eigenvalue weighted by molar-refractivity contribution is -0.133. The summed E-state index contributed by atoms with van der Waals surface area (Å²) in [6.45, 7) is 3.68. The number of para-hydroxylation sites is 1. The highest BCUT2D eigenvalue weighted by molar-refractivity contribution is 5.96. The van der Waals surface area contributed by atoms with Gasteiger partial charge in [0, 0.05) is 43.3 Å². The van der Waals surface area contributed by atoms with Gasteiger partial charge >= 0.3 is 0 Å². The molecule has 0 radical (unpaired) electrons. The summed E-state index contributed by atoms with van der Waals surface area (Å²) in [7, 11) is 2.16. The summed E-state index contributed by atoms with van der Waals surface area (Å²) in [5, 5.41) is 1.29. The Bertz CT molecular complexity index is 844. The van der Waals surface area contributed by atoms with Crippen LogP contribution in [0.5, 0.6) is 0 Å². The number of aromatic nitrogens is 1. The largest absolute Gasteiger partial charge is 0.345 e. The van der Waals surface area contributed by atoms with Crippen LogP contribution >= 0.6 is 0 Å². The zero-order valence-electron chi connectivity index (χ0n) is 14.1. The normalized spacial score (nSPS) is 26.5. The van der Waals surface area contributed by atoms with E-state index < -0.39 is 0 Å². The Morgan fingerprint density at radius 1 is 1.12 bits per heavy atom. The first-order chi connectivity index (χ1) is 11.7. The number of hydrogen-bond acceptors (Lipinski definition) is 2. The molecule has 1 saturated heterocycles. The molecule has 124 valence electrons. The molecule has 4 heterocycles. The average molecular weight is 321 g/mol. The molecule has 4 nitrogen and oxygen atoms in total. The van der Waals surface area contributed by atoms with E-state index in [0.29, 0.717) is 11.9 Å². The summed E-state index contributed by atoms with van der Waals surface area (Å²) in [6.07, 6.45) is 6.78. The molecule has 3 aliphatic heterocycles. The van der Waals surface area contributed by atoms with Gasteiger partial charge in [0.15, 0.2) is 0 Å². The van der Waals surface area contributed by atoms with E-state index in [1.54, 1.807) is 0 Å². The molecule has 0 bridgehead atoms. The molecule has 2 aromatic rings. The maximum atomic E-state index is 12.9. The summed E-state index contributed by atoms with van der Waals surface area (Å²) in [6, 6.07) is 9.10. The van der Waals surface area contributed by atoms with Crippen LogP contribution in [0.2, 0.25) is 0 Å². The molecule has 0 spiro atoms. The van der Waals surface area contributed by atoms with E-state index in [9.17, 15) is 4.79 Å². The highest BCUT2D eigenvalue weighted by Gasteiger charge is 2.36. The van der Waals surface area contributed by atoms with Gasteiger partial charge in [-0.2, -0.15) is 0 Å². The second-order valence-electron chi connectivity index (χ2n) is 7.43. The first kappa shape index (κ1) is 14.3. The number of likely N-dealkylation sites (tertiary alicyclic amines) is 1. The van der Waals surface area contributed by atoms with Crippen LogP contribution in [-0.2, 0) is 11.3 Å². The molecule has 0 unspecified atom stereocenters. The number of carbonyl (C=O) groups excluding carboxylic acids is 1. The van der Waals surface area contributed by atoms with Crippen molar-refractivity contribution in [3.05, 3.63) is 42.1 Å². The third kappa shape index (κ3) is 1.99. The van der Waals surface area contributed by atoms with Crippen LogP contribution < -0.4 is 0 Å². The standard InChI is InChI=1S/C20H23N3O/c1-21-12-15(20(24)22-8-2-3-9-22)11-17-16-6-4-5-14-7-10-23(19(14)16)13-18(17)21/h4-7,10-11,15,18H,2-3,8-9,12-13H2,1H3/t15-,18-/m0/s1. The molecule has 1 amide bonds. The van der Waals surface area contributed by atoms with Gasteiger partial charge in [-0.05, 0) is 31.5 Å². The smallest absolute Gasteiger partial charge is 0.230 e. The van der Waals surface area contributed by atoms with Crippen LogP contribution in [0.3, 0.4) is 0 Å². The fourth-order valence-corrected chi connectivity index (χ4v) is 4.72. The highest BCUT2D eigenvalue weighted by Crippen LogP contribution is 2.38. The van der Waals surface area contributed by atoms with E-state index in [4.69, 9.17) is 0 Å². The molecule has 0 aliphatic carbocycles. The van der Waals surface area contributed by atoms with E-state index >= 15 is 0 Å². The number of fused-ring (bicyclic) bond motifs is 2. The number of benzene rings is 1. The van der Waals surface area contributed by atoms with Crippen LogP contribution in [0.4, 0.5) is 0 Å². The predicted molar refractivity (Wildman–Crippen MR) is 95.6 cm³/mol. The second kappa shape index (κ2) is 5.21. The number of carbonyl (C=O) groups is 1. The van der Waals surface area contributed by atoms with Crippen molar-refractivity contribution in [2.75, 3.05) is 26.7 Å². The van der Waals surface area contributed by atoms with E-state index in [-0.39, 0.29) is 5.92 Å². The Morgan fingerprint density at radius 2 is 1.96 bits per heavy atom. The van der Waals surface area contributed by atoms with Crippen molar-refractivity contribution >= 4 is 22.4 Å². The predicted octanol–water partition coefficient (Wildman–Crippen LogP) is 2.59. The van der Waals surface area contributed by atoms with Crippen molar-refractivity contribution in [3.63, 3.8) is 0 Å². The number of rotatable bonds is 1. The van der Waals surface area contributed by atoms with Crippen molar-refractivity contribution in [2.45, 2.75) is 25.4 Å². The quantitative estimate of drug-likeness (QED) is 0.808. The summed E-state index contributed by atoms with van der Waals surface area (Å²) < 4.78 is 2.37. The van der Waals surface area contributed by atoms with Gasteiger partial charge in [-0.15, -0.1) is 0 Å². The first-order valence-electron chi connectivity index (χ1n) is 9.01. The number of hydrogen-bond donors (Lipinski definition) is 0. The fourth-order valence-electron chi connectivity index (χ4n) is 4.72. The third-order valence-electron chi connectivity index (χ3n) is 5.96. The molecular formula is C20H23N3O. The van der Waals surface area contributed by atoms with Crippen molar-refractivity contribution in [2.24, 2.45) is 5.92 Å². The van der Waals surface area contributed by atoms with Gasteiger partial charge in [-0.3, -0.25) is 9.69 Å². The SMILES string of the molecule is CN1C[C@@H](C(=O)N2CCCC2)C=C2c3cccc4ccn(c34)C[C@@H]21. The Kier molecular flexibility index (Phi) is 3.10. The Balaban J connectivity index is 1.59. The Morgan fingerprint density at radius 3 is 2.79 bits per heavy atom. The van der Waals surface area contributed by atoms with Gasteiger partial charge in [0.2, 0.25) is 5.91 Å². The van der Waals surface area contributed by atoms with Crippen molar-refractivity contribution in [3.8, 4) is 0 Å². The summed E-state index contributed by atoms with van der Waals surface area (Å²) >= 11 is 0. The minimum Gasteiger partial charge on any atom is -0.345 e. The van der Waals surface area contributed by atoms with Gasteiger partial charge in [0.25, 0.3) is 0 Å². The zero-order valence-corrected chi connectivity index (χ0v) is 14.1. The first-order valence-corrected chi connectivity index (χ1v) is 9.01. The third-order valence-corrected chi connectivity index (χ3v) is 5.96. The van der Waals surface area contributed by atoms with E-state index in [1.165, 1.54) is 22.0 Å². The molecule has 1 aromatic carbocycles. The molecule has 0 N–H and O–H groups in total. The Labute approximate surface area is 142 Å². The maximum Gasteiger partial charge on any atom is 0.230 e. The monoisotopic (exact) mass is 321 g/mol. The minimum atomic E-state index is -0.00359. The Hall–Kier alpha value is -2.07. The van der Waals surface area contributed by atoms with E-state index in [1.807, 2.05) is 0 Å². The molecule has 1 fully saturated rings. The van der Waals surface area contributed by atoms with Gasteiger partial charge < -0.3 is 9.47 Å². The average Bonchev–Trinajstić information content (AvgIpc) is 3.26. The van der Waals surface area contributed by atoms with E-state index in [2.05, 4.69) is 58.0 Å². The molecule has 1 aromatic heterocycles. The zero-order chi connectivity index (χ0) is 16.3. The summed E-state index contributed by atoms with van der Waals surface area (Å²) in [4.78, 5) is 17.3. The van der Waals surface area contributed by atoms with Crippen LogP contribution in [0.1, 0.15) is 18.4 Å². The van der Waals surface area contributed by atoms with Crippen LogP contribution in [0, 0.1) is 5.92 Å². The second-order valence-corrected chi connectivity index (χ2v) is 7.43. The minimum absolute atomic E-state index is 0.00359. The molecule has 2 atom stereocenters. The molecular weight excluding hydrogens is 298 g/mol. The van der Waals surface area contributed by atoms with Gasteiger partial charge in [0.05, 0.1) is 17.5 Å². The molecule has 0 saturated carbocycles. The molecule has 3 aliphatic rings. The summed E-state index contributed by atoms with van der Waals surface area (Å²) in [5.41, 5.74) is 3.97. The number of likely N-dealkylation sites (N-methyl/N-ethyl adjacent to an activating group) is 1. The molecule has 4 heteroatoms. The lowest BCUT2D eigenvalue weighted by Gasteiger charge is -2.40. The van der Waals surface area contributed by atoms with Gasteiger partial charge in [-0.1, -0.05) is 24.3 Å². The van der Waals surface area contributed by atoms with Gasteiger partial charge in [-0.25, -0.2) is 0 Å². The van der Waals surface area contributed by atoms with Crippen molar-refractivity contribution in [1.82, 2.24) is 14.4 Å². The molecule has 24 heavy (non-hydrogen) atoms.